The first-order chi connectivity index (χ1) is 14.5. The molecule has 0 aliphatic carbocycles. The van der Waals surface area contributed by atoms with E-state index in [0.717, 1.165) is 48.1 Å². The first kappa shape index (κ1) is 20.8. The highest BCUT2D eigenvalue weighted by Gasteiger charge is 2.20. The van der Waals surface area contributed by atoms with Crippen LogP contribution in [0.5, 0.6) is 0 Å². The van der Waals surface area contributed by atoms with Crippen LogP contribution in [0.2, 0.25) is 5.02 Å². The molecule has 3 aromatic rings. The number of nitrogens with zero attached hydrogens (tertiary/aromatic N) is 3. The van der Waals surface area contributed by atoms with Gasteiger partial charge in [-0.25, -0.2) is 4.98 Å². The number of hydrogen-bond acceptors (Lipinski definition) is 5. The van der Waals surface area contributed by atoms with Gasteiger partial charge < -0.3 is 10.2 Å². The van der Waals surface area contributed by atoms with E-state index in [4.69, 9.17) is 11.6 Å². The highest BCUT2D eigenvalue weighted by molar-refractivity contribution is 7.14. The molecule has 1 aliphatic heterocycles. The summed E-state index contributed by atoms with van der Waals surface area (Å²) in [6.45, 7) is 8.00. The van der Waals surface area contributed by atoms with E-state index in [-0.39, 0.29) is 5.91 Å². The first-order valence-corrected chi connectivity index (χ1v) is 11.3. The number of carbonyl (C=O) groups is 1. The Morgan fingerprint density at radius 2 is 1.90 bits per heavy atom. The molecule has 2 heterocycles. The zero-order valence-corrected chi connectivity index (χ0v) is 18.8. The Hall–Kier alpha value is -2.41. The normalized spacial score (nSPS) is 14.7. The van der Waals surface area contributed by atoms with Gasteiger partial charge in [0.2, 0.25) is 5.91 Å². The van der Waals surface area contributed by atoms with Gasteiger partial charge in [-0.2, -0.15) is 0 Å². The minimum absolute atomic E-state index is 0.0211. The number of halogens is 1. The van der Waals surface area contributed by atoms with Crippen molar-refractivity contribution in [3.05, 3.63) is 64.0 Å². The van der Waals surface area contributed by atoms with Crippen LogP contribution < -0.4 is 10.2 Å². The van der Waals surface area contributed by atoms with Crippen LogP contribution in [0.3, 0.4) is 0 Å². The third kappa shape index (κ3) is 5.01. The van der Waals surface area contributed by atoms with E-state index in [1.54, 1.807) is 0 Å². The van der Waals surface area contributed by atoms with Crippen LogP contribution in [0.15, 0.2) is 47.8 Å². The van der Waals surface area contributed by atoms with Crippen molar-refractivity contribution in [1.29, 1.82) is 0 Å². The Morgan fingerprint density at radius 3 is 2.63 bits per heavy atom. The molecule has 0 saturated carbocycles. The maximum atomic E-state index is 12.5. The lowest BCUT2D eigenvalue weighted by atomic mass is 10.1. The van der Waals surface area contributed by atoms with E-state index in [1.165, 1.54) is 22.5 Å². The quantitative estimate of drug-likeness (QED) is 0.616. The number of carbonyl (C=O) groups excluding carboxylic acids is 1. The van der Waals surface area contributed by atoms with E-state index >= 15 is 0 Å². The van der Waals surface area contributed by atoms with Gasteiger partial charge in [-0.1, -0.05) is 29.8 Å². The minimum Gasteiger partial charge on any atom is -0.369 e. The maximum absolute atomic E-state index is 12.5. The van der Waals surface area contributed by atoms with Crippen molar-refractivity contribution >= 4 is 39.7 Å². The van der Waals surface area contributed by atoms with Crippen LogP contribution in [0.25, 0.3) is 11.3 Å². The van der Waals surface area contributed by atoms with Crippen molar-refractivity contribution in [2.45, 2.75) is 13.8 Å². The van der Waals surface area contributed by atoms with Crippen LogP contribution in [0.4, 0.5) is 10.8 Å². The van der Waals surface area contributed by atoms with E-state index in [9.17, 15) is 4.79 Å². The third-order valence-corrected chi connectivity index (χ3v) is 6.46. The van der Waals surface area contributed by atoms with Crippen LogP contribution in [-0.4, -0.2) is 48.5 Å². The van der Waals surface area contributed by atoms with Crippen LogP contribution in [0.1, 0.15) is 11.1 Å². The van der Waals surface area contributed by atoms with Gasteiger partial charge in [0, 0.05) is 47.8 Å². The van der Waals surface area contributed by atoms with Crippen molar-refractivity contribution in [1.82, 2.24) is 9.88 Å². The second-order valence-electron chi connectivity index (χ2n) is 7.63. The molecule has 0 spiro atoms. The summed E-state index contributed by atoms with van der Waals surface area (Å²) in [5.41, 5.74) is 5.61. The number of rotatable bonds is 5. The molecule has 1 saturated heterocycles. The van der Waals surface area contributed by atoms with Gasteiger partial charge in [-0.3, -0.25) is 9.69 Å². The van der Waals surface area contributed by atoms with E-state index in [2.05, 4.69) is 58.2 Å². The summed E-state index contributed by atoms with van der Waals surface area (Å²) in [6.07, 6.45) is 0. The Bertz CT molecular complexity index is 1040. The Balaban J connectivity index is 1.29. The van der Waals surface area contributed by atoms with E-state index in [0.29, 0.717) is 11.7 Å². The number of thiazole rings is 1. The molecule has 0 bridgehead atoms. The maximum Gasteiger partial charge on any atom is 0.240 e. The van der Waals surface area contributed by atoms with Crippen LogP contribution in [0, 0.1) is 13.8 Å². The molecule has 7 heteroatoms. The molecule has 1 fully saturated rings. The Kier molecular flexibility index (Phi) is 6.37. The van der Waals surface area contributed by atoms with Gasteiger partial charge in [0.15, 0.2) is 5.13 Å². The molecule has 0 radical (unpaired) electrons. The topological polar surface area (TPSA) is 48.5 Å². The van der Waals surface area contributed by atoms with Gasteiger partial charge in [0.05, 0.1) is 12.2 Å². The fraction of sp³-hybridized carbons (Fsp3) is 0.304. The smallest absolute Gasteiger partial charge is 0.240 e. The van der Waals surface area contributed by atoms with Crippen molar-refractivity contribution in [3.63, 3.8) is 0 Å². The molecule has 1 aliphatic rings. The number of amides is 1. The van der Waals surface area contributed by atoms with Crippen molar-refractivity contribution in [2.24, 2.45) is 0 Å². The summed E-state index contributed by atoms with van der Waals surface area (Å²) in [7, 11) is 0. The van der Waals surface area contributed by atoms with Gasteiger partial charge in [-0.15, -0.1) is 11.3 Å². The lowest BCUT2D eigenvalue weighted by Gasteiger charge is -2.35. The predicted octanol–water partition coefficient (Wildman–Crippen LogP) is 4.84. The number of nitrogens with one attached hydrogen (secondary N) is 1. The van der Waals surface area contributed by atoms with Gasteiger partial charge in [0.1, 0.15) is 0 Å². The van der Waals surface area contributed by atoms with Crippen LogP contribution >= 0.6 is 22.9 Å². The molecule has 5 nitrogen and oxygen atoms in total. The molecule has 0 atom stereocenters. The molecule has 1 aromatic heterocycles. The van der Waals surface area contributed by atoms with Crippen LogP contribution in [-0.2, 0) is 4.79 Å². The summed E-state index contributed by atoms with van der Waals surface area (Å²) in [6, 6.07) is 14.2. The molecular formula is C23H25ClN4OS. The highest BCUT2D eigenvalue weighted by atomic mass is 35.5. The monoisotopic (exact) mass is 440 g/mol. The number of aryl methyl sites for hydroxylation is 2. The fourth-order valence-electron chi connectivity index (χ4n) is 3.56. The summed E-state index contributed by atoms with van der Waals surface area (Å²) < 4.78 is 0. The van der Waals surface area contributed by atoms with E-state index < -0.39 is 0 Å². The van der Waals surface area contributed by atoms with Crippen molar-refractivity contribution in [3.8, 4) is 11.3 Å². The summed E-state index contributed by atoms with van der Waals surface area (Å²) in [4.78, 5) is 21.6. The SMILES string of the molecule is Cc1ccc(-c2csc(NC(=O)CN3CCN(c4cccc(Cl)c4)CC3)n2)cc1C. The highest BCUT2D eigenvalue weighted by Crippen LogP contribution is 2.26. The predicted molar refractivity (Wildman–Crippen MR) is 126 cm³/mol. The third-order valence-electron chi connectivity index (χ3n) is 5.47. The zero-order valence-electron chi connectivity index (χ0n) is 17.2. The molecule has 1 N–H and O–H groups in total. The molecular weight excluding hydrogens is 416 g/mol. The molecule has 4 rings (SSSR count). The average Bonchev–Trinajstić information content (AvgIpc) is 3.19. The average molecular weight is 441 g/mol. The van der Waals surface area contributed by atoms with E-state index in [1.807, 2.05) is 23.6 Å². The Morgan fingerprint density at radius 1 is 1.10 bits per heavy atom. The molecule has 2 aromatic carbocycles. The molecule has 156 valence electrons. The second kappa shape index (κ2) is 9.16. The standard InChI is InChI=1S/C23H25ClN4OS/c1-16-6-7-18(12-17(16)2)21-15-30-23(25-21)26-22(29)14-27-8-10-28(11-9-27)20-5-3-4-19(24)13-20/h3-7,12-13,15H,8-11,14H2,1-2H3,(H,25,26,29). The lowest BCUT2D eigenvalue weighted by Crippen LogP contribution is -2.48. The summed E-state index contributed by atoms with van der Waals surface area (Å²) >= 11 is 7.56. The van der Waals surface area contributed by atoms with Gasteiger partial charge >= 0.3 is 0 Å². The summed E-state index contributed by atoms with van der Waals surface area (Å²) in [5, 5.41) is 6.33. The lowest BCUT2D eigenvalue weighted by molar-refractivity contribution is -0.117. The first-order valence-electron chi connectivity index (χ1n) is 10.0. The molecule has 1 amide bonds. The number of piperazine rings is 1. The van der Waals surface area contributed by atoms with Crippen molar-refractivity contribution < 1.29 is 4.79 Å². The van der Waals surface area contributed by atoms with Gasteiger partial charge in [-0.05, 0) is 49.2 Å². The largest absolute Gasteiger partial charge is 0.369 e. The summed E-state index contributed by atoms with van der Waals surface area (Å²) in [5.74, 6) is -0.0211. The number of benzene rings is 2. The number of anilines is 2. The van der Waals surface area contributed by atoms with Crippen molar-refractivity contribution in [2.75, 3.05) is 42.9 Å². The number of aromatic nitrogens is 1. The number of hydrogen-bond donors (Lipinski definition) is 1. The molecule has 30 heavy (non-hydrogen) atoms. The zero-order chi connectivity index (χ0) is 21.1. The molecule has 0 unspecified atom stereocenters. The van der Waals surface area contributed by atoms with Gasteiger partial charge in [0.25, 0.3) is 0 Å². The fourth-order valence-corrected chi connectivity index (χ4v) is 4.48. The minimum atomic E-state index is -0.0211. The second-order valence-corrected chi connectivity index (χ2v) is 8.92. The Labute approximate surface area is 186 Å².